The number of aromatic carboxylic acids is 1. The standard InChI is InChI=1S/C8H8O5/c1-13-6-3-4(9)2-5(7(6)10)8(11)12/h2-3,9-10H,1H3,(H,11,12). The van der Waals surface area contributed by atoms with Crippen molar-refractivity contribution in [3.8, 4) is 17.2 Å². The number of carboxylic acids is 1. The van der Waals surface area contributed by atoms with Gasteiger partial charge in [0.1, 0.15) is 11.3 Å². The molecule has 0 aliphatic rings. The molecule has 5 heteroatoms. The summed E-state index contributed by atoms with van der Waals surface area (Å²) in [6.45, 7) is 0. The lowest BCUT2D eigenvalue weighted by molar-refractivity contribution is 0.0692. The Morgan fingerprint density at radius 2 is 2.00 bits per heavy atom. The summed E-state index contributed by atoms with van der Waals surface area (Å²) in [6, 6.07) is 2.07. The third-order valence-corrected chi connectivity index (χ3v) is 1.51. The Balaban J connectivity index is 3.35. The van der Waals surface area contributed by atoms with Crippen molar-refractivity contribution >= 4 is 5.97 Å². The summed E-state index contributed by atoms with van der Waals surface area (Å²) in [6.07, 6.45) is 0. The fourth-order valence-corrected chi connectivity index (χ4v) is 0.912. The number of hydrogen-bond acceptors (Lipinski definition) is 4. The van der Waals surface area contributed by atoms with E-state index in [0.717, 1.165) is 12.1 Å². The van der Waals surface area contributed by atoms with E-state index < -0.39 is 17.3 Å². The van der Waals surface area contributed by atoms with Gasteiger partial charge < -0.3 is 20.1 Å². The molecule has 0 atom stereocenters. The third-order valence-electron chi connectivity index (χ3n) is 1.51. The van der Waals surface area contributed by atoms with E-state index in [4.69, 9.17) is 10.2 Å². The zero-order valence-corrected chi connectivity index (χ0v) is 6.81. The number of carboxylic acid groups (broad SMARTS) is 1. The summed E-state index contributed by atoms with van der Waals surface area (Å²) in [7, 11) is 1.26. The number of phenols is 2. The zero-order chi connectivity index (χ0) is 10.0. The van der Waals surface area contributed by atoms with Gasteiger partial charge in [0, 0.05) is 6.07 Å². The molecule has 1 aromatic rings. The van der Waals surface area contributed by atoms with Gasteiger partial charge in [0.05, 0.1) is 7.11 Å². The van der Waals surface area contributed by atoms with Crippen molar-refractivity contribution in [2.45, 2.75) is 0 Å². The summed E-state index contributed by atoms with van der Waals surface area (Å²) in [5.74, 6) is -2.16. The SMILES string of the molecule is COc1cc(O)cc(C(=O)O)c1O. The van der Waals surface area contributed by atoms with Crippen LogP contribution in [0, 0.1) is 0 Å². The lowest BCUT2D eigenvalue weighted by Gasteiger charge is -2.06. The highest BCUT2D eigenvalue weighted by Gasteiger charge is 2.15. The molecular weight excluding hydrogens is 176 g/mol. The van der Waals surface area contributed by atoms with Crippen molar-refractivity contribution in [3.05, 3.63) is 17.7 Å². The maximum atomic E-state index is 10.5. The normalized spacial score (nSPS) is 9.62. The number of rotatable bonds is 2. The minimum atomic E-state index is -1.33. The van der Waals surface area contributed by atoms with Crippen LogP contribution in [-0.2, 0) is 0 Å². The van der Waals surface area contributed by atoms with Gasteiger partial charge >= 0.3 is 5.97 Å². The van der Waals surface area contributed by atoms with Crippen molar-refractivity contribution in [2.24, 2.45) is 0 Å². The summed E-state index contributed by atoms with van der Waals surface area (Å²) in [5, 5.41) is 26.9. The van der Waals surface area contributed by atoms with Crippen LogP contribution in [0.2, 0.25) is 0 Å². The number of aromatic hydroxyl groups is 2. The quantitative estimate of drug-likeness (QED) is 0.592. The molecule has 0 amide bonds. The molecular formula is C8H8O5. The van der Waals surface area contributed by atoms with Crippen LogP contribution in [0.25, 0.3) is 0 Å². The molecule has 5 nitrogen and oxygen atoms in total. The zero-order valence-electron chi connectivity index (χ0n) is 6.81. The Bertz CT molecular complexity index is 345. The van der Waals surface area contributed by atoms with Crippen LogP contribution in [0.4, 0.5) is 0 Å². The molecule has 1 rings (SSSR count). The van der Waals surface area contributed by atoms with Crippen LogP contribution in [0.3, 0.4) is 0 Å². The van der Waals surface area contributed by atoms with Crippen LogP contribution in [0.1, 0.15) is 10.4 Å². The molecule has 0 unspecified atom stereocenters. The van der Waals surface area contributed by atoms with Gasteiger partial charge in [0.15, 0.2) is 11.5 Å². The van der Waals surface area contributed by atoms with Crippen LogP contribution >= 0.6 is 0 Å². The highest BCUT2D eigenvalue weighted by molar-refractivity contribution is 5.92. The molecule has 0 heterocycles. The fraction of sp³-hybridized carbons (Fsp3) is 0.125. The molecule has 0 fully saturated rings. The lowest BCUT2D eigenvalue weighted by atomic mass is 10.2. The van der Waals surface area contributed by atoms with E-state index in [1.807, 2.05) is 0 Å². The number of benzene rings is 1. The molecule has 0 aliphatic heterocycles. The van der Waals surface area contributed by atoms with Gasteiger partial charge in [-0.1, -0.05) is 0 Å². The fourth-order valence-electron chi connectivity index (χ4n) is 0.912. The van der Waals surface area contributed by atoms with Gasteiger partial charge in [-0.25, -0.2) is 4.79 Å². The molecule has 0 radical (unpaired) electrons. The molecule has 3 N–H and O–H groups in total. The topological polar surface area (TPSA) is 87.0 Å². The summed E-state index contributed by atoms with van der Waals surface area (Å²) < 4.78 is 4.64. The van der Waals surface area contributed by atoms with E-state index in [0.29, 0.717) is 0 Å². The molecule has 0 aromatic heterocycles. The first kappa shape index (κ1) is 9.18. The highest BCUT2D eigenvalue weighted by Crippen LogP contribution is 2.33. The van der Waals surface area contributed by atoms with Crippen molar-refractivity contribution in [3.63, 3.8) is 0 Å². The molecule has 13 heavy (non-hydrogen) atoms. The predicted molar refractivity (Wildman–Crippen MR) is 43.3 cm³/mol. The van der Waals surface area contributed by atoms with Gasteiger partial charge in [0.2, 0.25) is 0 Å². The highest BCUT2D eigenvalue weighted by atomic mass is 16.5. The van der Waals surface area contributed by atoms with Crippen molar-refractivity contribution in [1.29, 1.82) is 0 Å². The number of ether oxygens (including phenoxy) is 1. The average molecular weight is 184 g/mol. The largest absolute Gasteiger partial charge is 0.508 e. The molecule has 70 valence electrons. The molecule has 0 saturated carbocycles. The van der Waals surface area contributed by atoms with Crippen LogP contribution in [0.5, 0.6) is 17.2 Å². The Morgan fingerprint density at radius 1 is 1.38 bits per heavy atom. The summed E-state index contributed by atoms with van der Waals surface area (Å²) in [5.41, 5.74) is -0.392. The Labute approximate surface area is 73.8 Å². The number of carbonyl (C=O) groups is 1. The van der Waals surface area contributed by atoms with Gasteiger partial charge in [-0.2, -0.15) is 0 Å². The summed E-state index contributed by atoms with van der Waals surface area (Å²) in [4.78, 5) is 10.5. The molecule has 0 saturated heterocycles. The average Bonchev–Trinajstić information content (AvgIpc) is 2.08. The van der Waals surface area contributed by atoms with E-state index in [1.54, 1.807) is 0 Å². The first-order valence-electron chi connectivity index (χ1n) is 3.39. The second kappa shape index (κ2) is 3.22. The lowest BCUT2D eigenvalue weighted by Crippen LogP contribution is -1.98. The van der Waals surface area contributed by atoms with Gasteiger partial charge in [-0.05, 0) is 6.07 Å². The smallest absolute Gasteiger partial charge is 0.339 e. The van der Waals surface area contributed by atoms with E-state index in [9.17, 15) is 9.90 Å². The van der Waals surface area contributed by atoms with Crippen LogP contribution < -0.4 is 4.74 Å². The van der Waals surface area contributed by atoms with E-state index >= 15 is 0 Å². The van der Waals surface area contributed by atoms with Crippen molar-refractivity contribution in [2.75, 3.05) is 7.11 Å². The Kier molecular flexibility index (Phi) is 2.27. The van der Waals surface area contributed by atoms with Gasteiger partial charge in [0.25, 0.3) is 0 Å². The van der Waals surface area contributed by atoms with Crippen LogP contribution in [0.15, 0.2) is 12.1 Å². The predicted octanol–water partition coefficient (Wildman–Crippen LogP) is 0.805. The second-order valence-electron chi connectivity index (χ2n) is 2.35. The van der Waals surface area contributed by atoms with Gasteiger partial charge in [-0.15, -0.1) is 0 Å². The molecule has 0 aliphatic carbocycles. The minimum Gasteiger partial charge on any atom is -0.508 e. The van der Waals surface area contributed by atoms with Gasteiger partial charge in [-0.3, -0.25) is 0 Å². The van der Waals surface area contributed by atoms with Crippen molar-refractivity contribution in [1.82, 2.24) is 0 Å². The minimum absolute atomic E-state index is 0.0719. The van der Waals surface area contributed by atoms with Crippen LogP contribution in [-0.4, -0.2) is 28.4 Å². The molecule has 1 aromatic carbocycles. The van der Waals surface area contributed by atoms with E-state index in [2.05, 4.69) is 4.74 Å². The second-order valence-corrected chi connectivity index (χ2v) is 2.35. The Hall–Kier alpha value is -1.91. The number of phenolic OH excluding ortho intramolecular Hbond substituents is 1. The monoisotopic (exact) mass is 184 g/mol. The maximum absolute atomic E-state index is 10.5. The third kappa shape index (κ3) is 1.64. The molecule has 0 bridgehead atoms. The first-order chi connectivity index (χ1) is 6.06. The van der Waals surface area contributed by atoms with Crippen molar-refractivity contribution < 1.29 is 24.9 Å². The van der Waals surface area contributed by atoms with E-state index in [1.165, 1.54) is 7.11 Å². The molecule has 0 spiro atoms. The summed E-state index contributed by atoms with van der Waals surface area (Å²) >= 11 is 0. The number of methoxy groups -OCH3 is 1. The Morgan fingerprint density at radius 3 is 2.46 bits per heavy atom. The number of hydrogen-bond donors (Lipinski definition) is 3. The van der Waals surface area contributed by atoms with E-state index in [-0.39, 0.29) is 11.5 Å². The maximum Gasteiger partial charge on any atom is 0.339 e. The first-order valence-corrected chi connectivity index (χ1v) is 3.39.